The molecular formula is C14H20N2O5S2. The molecular weight excluding hydrogens is 340 g/mol. The Morgan fingerprint density at radius 2 is 1.91 bits per heavy atom. The minimum absolute atomic E-state index is 0.0632. The monoisotopic (exact) mass is 360 g/mol. The number of likely N-dealkylation sites (N-methyl/N-ethyl adjacent to an activating group) is 1. The molecule has 0 unspecified atom stereocenters. The molecule has 1 atom stereocenters. The topological polar surface area (TPSA) is 102 Å². The second-order valence-electron chi connectivity index (χ2n) is 4.55. The lowest BCUT2D eigenvalue weighted by molar-refractivity contribution is -0.150. The van der Waals surface area contributed by atoms with Gasteiger partial charge >= 0.3 is 5.97 Å². The highest BCUT2D eigenvalue weighted by Crippen LogP contribution is 2.11. The number of thioether (sulfide) groups is 1. The van der Waals surface area contributed by atoms with E-state index in [0.717, 1.165) is 0 Å². The number of nitrogens with one attached hydrogen (secondary N) is 2. The lowest BCUT2D eigenvalue weighted by Crippen LogP contribution is -2.43. The van der Waals surface area contributed by atoms with Gasteiger partial charge in [0.15, 0.2) is 6.61 Å². The molecule has 2 N–H and O–H groups in total. The molecule has 23 heavy (non-hydrogen) atoms. The predicted octanol–water partition coefficient (Wildman–Crippen LogP) is 0.376. The van der Waals surface area contributed by atoms with Gasteiger partial charge in [0, 0.05) is 7.05 Å². The van der Waals surface area contributed by atoms with Crippen molar-refractivity contribution in [2.24, 2.45) is 0 Å². The van der Waals surface area contributed by atoms with Crippen molar-refractivity contribution < 1.29 is 22.7 Å². The van der Waals surface area contributed by atoms with Crippen LogP contribution >= 0.6 is 11.8 Å². The number of hydrogen-bond acceptors (Lipinski definition) is 6. The maximum atomic E-state index is 12.3. The molecule has 1 aromatic carbocycles. The molecule has 1 aromatic rings. The lowest BCUT2D eigenvalue weighted by atomic mass is 10.2. The summed E-state index contributed by atoms with van der Waals surface area (Å²) in [4.78, 5) is 23.2. The average Bonchev–Trinajstić information content (AvgIpc) is 2.56. The van der Waals surface area contributed by atoms with E-state index in [1.165, 1.54) is 30.9 Å². The highest BCUT2D eigenvalue weighted by atomic mass is 32.2. The molecule has 0 aromatic heterocycles. The van der Waals surface area contributed by atoms with Gasteiger partial charge in [-0.1, -0.05) is 18.2 Å². The second-order valence-corrected chi connectivity index (χ2v) is 7.25. The van der Waals surface area contributed by atoms with Gasteiger partial charge in [0.1, 0.15) is 6.04 Å². The van der Waals surface area contributed by atoms with Crippen LogP contribution in [0.1, 0.15) is 6.42 Å². The van der Waals surface area contributed by atoms with E-state index in [1.54, 1.807) is 18.2 Å². The van der Waals surface area contributed by atoms with Crippen LogP contribution in [0, 0.1) is 0 Å². The minimum atomic E-state index is -3.84. The molecule has 0 radical (unpaired) electrons. The van der Waals surface area contributed by atoms with E-state index >= 15 is 0 Å². The average molecular weight is 360 g/mol. The third-order valence-corrected chi connectivity index (χ3v) is 5.00. The Balaban J connectivity index is 2.81. The van der Waals surface area contributed by atoms with Crippen molar-refractivity contribution in [3.8, 4) is 0 Å². The van der Waals surface area contributed by atoms with Crippen molar-refractivity contribution in [3.63, 3.8) is 0 Å². The molecule has 0 fully saturated rings. The van der Waals surface area contributed by atoms with Crippen LogP contribution in [-0.4, -0.2) is 52.0 Å². The molecule has 0 bridgehead atoms. The highest BCUT2D eigenvalue weighted by Gasteiger charge is 2.27. The molecule has 0 saturated carbocycles. The summed E-state index contributed by atoms with van der Waals surface area (Å²) in [7, 11) is -2.42. The number of esters is 1. The van der Waals surface area contributed by atoms with Crippen LogP contribution in [0.4, 0.5) is 0 Å². The molecule has 0 saturated heterocycles. The summed E-state index contributed by atoms with van der Waals surface area (Å²) in [6, 6.07) is 6.71. The zero-order valence-electron chi connectivity index (χ0n) is 12.9. The Bertz CT molecular complexity index is 619. The first-order valence-electron chi connectivity index (χ1n) is 6.84. The maximum Gasteiger partial charge on any atom is 0.324 e. The van der Waals surface area contributed by atoms with Gasteiger partial charge < -0.3 is 10.1 Å². The molecule has 0 spiro atoms. The van der Waals surface area contributed by atoms with Crippen LogP contribution in [0.2, 0.25) is 0 Å². The summed E-state index contributed by atoms with van der Waals surface area (Å²) >= 11 is 1.48. The highest BCUT2D eigenvalue weighted by molar-refractivity contribution is 7.98. The first kappa shape index (κ1) is 19.5. The minimum Gasteiger partial charge on any atom is -0.454 e. The van der Waals surface area contributed by atoms with Crippen molar-refractivity contribution in [1.29, 1.82) is 0 Å². The third-order valence-electron chi connectivity index (χ3n) is 2.87. The smallest absolute Gasteiger partial charge is 0.324 e. The normalized spacial score (nSPS) is 12.4. The summed E-state index contributed by atoms with van der Waals surface area (Å²) in [5, 5.41) is 2.32. The largest absolute Gasteiger partial charge is 0.454 e. The van der Waals surface area contributed by atoms with Crippen molar-refractivity contribution in [3.05, 3.63) is 30.3 Å². The van der Waals surface area contributed by atoms with Gasteiger partial charge in [-0.3, -0.25) is 9.59 Å². The van der Waals surface area contributed by atoms with Crippen molar-refractivity contribution >= 4 is 33.7 Å². The summed E-state index contributed by atoms with van der Waals surface area (Å²) in [5.74, 6) is -0.674. The Morgan fingerprint density at radius 3 is 2.48 bits per heavy atom. The predicted molar refractivity (Wildman–Crippen MR) is 88.6 cm³/mol. The van der Waals surface area contributed by atoms with Gasteiger partial charge in [0.25, 0.3) is 5.91 Å². The first-order chi connectivity index (χ1) is 10.9. The van der Waals surface area contributed by atoms with E-state index in [4.69, 9.17) is 4.74 Å². The van der Waals surface area contributed by atoms with Gasteiger partial charge in [0.2, 0.25) is 10.0 Å². The van der Waals surface area contributed by atoms with Crippen LogP contribution in [-0.2, 0) is 24.3 Å². The fourth-order valence-corrected chi connectivity index (χ4v) is 3.34. The van der Waals surface area contributed by atoms with E-state index in [0.29, 0.717) is 5.75 Å². The Labute approximate surface area is 140 Å². The standard InChI is InChI=1S/C14H20N2O5S2/c1-15-13(17)10-21-14(18)12(8-9-22-2)16-23(19,20)11-6-4-3-5-7-11/h3-7,12,16H,8-10H2,1-2H3,(H,15,17)/t12-/m0/s1. The number of ether oxygens (including phenoxy) is 1. The molecule has 0 heterocycles. The Hall–Kier alpha value is -1.58. The van der Waals surface area contributed by atoms with Gasteiger partial charge in [-0.25, -0.2) is 8.42 Å². The first-order valence-corrected chi connectivity index (χ1v) is 9.72. The summed E-state index contributed by atoms with van der Waals surface area (Å²) in [6.45, 7) is -0.446. The number of hydrogen-bond donors (Lipinski definition) is 2. The Morgan fingerprint density at radius 1 is 1.26 bits per heavy atom. The molecule has 0 aliphatic carbocycles. The maximum absolute atomic E-state index is 12.3. The van der Waals surface area contributed by atoms with E-state index in [-0.39, 0.29) is 11.3 Å². The van der Waals surface area contributed by atoms with Crippen molar-refractivity contribution in [1.82, 2.24) is 10.0 Å². The zero-order valence-corrected chi connectivity index (χ0v) is 14.6. The van der Waals surface area contributed by atoms with Crippen LogP contribution in [0.3, 0.4) is 0 Å². The molecule has 7 nitrogen and oxygen atoms in total. The van der Waals surface area contributed by atoms with Gasteiger partial charge in [-0.05, 0) is 30.6 Å². The van der Waals surface area contributed by atoms with Crippen LogP contribution in [0.15, 0.2) is 35.2 Å². The second kappa shape index (κ2) is 9.53. The van der Waals surface area contributed by atoms with E-state index in [2.05, 4.69) is 10.0 Å². The molecule has 1 amide bonds. The SMILES string of the molecule is CNC(=O)COC(=O)[C@H](CCSC)NS(=O)(=O)c1ccccc1. The number of sulfonamides is 1. The number of rotatable bonds is 9. The zero-order chi connectivity index (χ0) is 17.3. The molecule has 0 aliphatic heterocycles. The quantitative estimate of drug-likeness (QED) is 0.617. The number of amides is 1. The van der Waals surface area contributed by atoms with Crippen LogP contribution < -0.4 is 10.0 Å². The van der Waals surface area contributed by atoms with Gasteiger partial charge in [-0.15, -0.1) is 0 Å². The molecule has 1 rings (SSSR count). The fraction of sp³-hybridized carbons (Fsp3) is 0.429. The van der Waals surface area contributed by atoms with Gasteiger partial charge in [0.05, 0.1) is 4.90 Å². The number of carbonyl (C=O) groups excluding carboxylic acids is 2. The molecule has 128 valence electrons. The number of benzene rings is 1. The van der Waals surface area contributed by atoms with Crippen LogP contribution in [0.25, 0.3) is 0 Å². The van der Waals surface area contributed by atoms with Crippen molar-refractivity contribution in [2.75, 3.05) is 25.7 Å². The van der Waals surface area contributed by atoms with E-state index < -0.39 is 34.5 Å². The van der Waals surface area contributed by atoms with Crippen LogP contribution in [0.5, 0.6) is 0 Å². The summed E-state index contributed by atoms with van der Waals surface area (Å²) in [5.41, 5.74) is 0. The van der Waals surface area contributed by atoms with Crippen molar-refractivity contribution in [2.45, 2.75) is 17.4 Å². The van der Waals surface area contributed by atoms with E-state index in [9.17, 15) is 18.0 Å². The molecule has 9 heteroatoms. The molecule has 0 aliphatic rings. The lowest BCUT2D eigenvalue weighted by Gasteiger charge is -2.17. The summed E-state index contributed by atoms with van der Waals surface area (Å²) < 4.78 is 31.8. The number of carbonyl (C=O) groups is 2. The third kappa shape index (κ3) is 6.59. The van der Waals surface area contributed by atoms with E-state index in [1.807, 2.05) is 6.26 Å². The summed E-state index contributed by atoms with van der Waals surface area (Å²) in [6.07, 6.45) is 2.11. The fourth-order valence-electron chi connectivity index (χ4n) is 1.63. The van der Waals surface area contributed by atoms with Gasteiger partial charge in [-0.2, -0.15) is 16.5 Å². The Kier molecular flexibility index (Phi) is 8.07.